The smallest absolute Gasteiger partial charge is 0.417 e. The van der Waals surface area contributed by atoms with Crippen molar-refractivity contribution in [1.29, 1.82) is 0 Å². The van der Waals surface area contributed by atoms with Gasteiger partial charge in [-0.2, -0.15) is 0 Å². The molecular weight excluding hydrogens is 382 g/mol. The van der Waals surface area contributed by atoms with E-state index in [1.165, 1.54) is 5.56 Å². The maximum absolute atomic E-state index is 13.0. The van der Waals surface area contributed by atoms with E-state index in [0.29, 0.717) is 19.6 Å². The summed E-state index contributed by atoms with van der Waals surface area (Å²) in [6.07, 6.45) is -0.454. The van der Waals surface area contributed by atoms with E-state index in [1.54, 1.807) is 20.8 Å². The predicted molar refractivity (Wildman–Crippen MR) is 117 cm³/mol. The number of hydrogen-bond donors (Lipinski definition) is 1. The molecule has 2 atom stereocenters. The van der Waals surface area contributed by atoms with Crippen LogP contribution in [-0.4, -0.2) is 65.8 Å². The van der Waals surface area contributed by atoms with Crippen LogP contribution in [0.4, 0.5) is 4.79 Å². The van der Waals surface area contributed by atoms with Crippen molar-refractivity contribution in [3.63, 3.8) is 0 Å². The summed E-state index contributed by atoms with van der Waals surface area (Å²) >= 11 is 0. The standard InChI is InChI=1S/C23H37N3O4/c1-17(2)13-20(24)21(27)26(22(28)30-23(3,4)5)16-19-15-25(11-12-29-19)14-18-9-7-6-8-10-18/h6-10,17,19-20H,11-16,24H2,1-5H3/t19?,20-/m0/s1. The Balaban J connectivity index is 2.07. The molecule has 1 aliphatic heterocycles. The number of carbonyl (C=O) groups excluding carboxylic acids is 2. The minimum atomic E-state index is -0.749. The molecule has 7 heteroatoms. The zero-order valence-corrected chi connectivity index (χ0v) is 19.0. The van der Waals surface area contributed by atoms with Crippen LogP contribution in [0.2, 0.25) is 0 Å². The van der Waals surface area contributed by atoms with Crippen molar-refractivity contribution in [3.8, 4) is 0 Å². The monoisotopic (exact) mass is 419 g/mol. The van der Waals surface area contributed by atoms with Gasteiger partial charge in [0.05, 0.1) is 25.3 Å². The van der Waals surface area contributed by atoms with E-state index in [0.717, 1.165) is 18.0 Å². The number of ether oxygens (including phenoxy) is 2. The summed E-state index contributed by atoms with van der Waals surface area (Å²) in [5.41, 5.74) is 6.62. The van der Waals surface area contributed by atoms with E-state index in [4.69, 9.17) is 15.2 Å². The highest BCUT2D eigenvalue weighted by Gasteiger charge is 2.34. The summed E-state index contributed by atoms with van der Waals surface area (Å²) in [7, 11) is 0. The SMILES string of the molecule is CC(C)C[C@H](N)C(=O)N(CC1CN(Cc2ccccc2)CCO1)C(=O)OC(C)(C)C. The van der Waals surface area contributed by atoms with Gasteiger partial charge in [-0.1, -0.05) is 44.2 Å². The van der Waals surface area contributed by atoms with Gasteiger partial charge in [0.2, 0.25) is 5.91 Å². The molecule has 2 N–H and O–H groups in total. The largest absolute Gasteiger partial charge is 0.443 e. The van der Waals surface area contributed by atoms with Gasteiger partial charge < -0.3 is 15.2 Å². The molecule has 0 spiro atoms. The molecule has 2 rings (SSSR count). The fourth-order valence-electron chi connectivity index (χ4n) is 3.46. The number of hydrogen-bond acceptors (Lipinski definition) is 6. The minimum Gasteiger partial charge on any atom is -0.443 e. The van der Waals surface area contributed by atoms with Gasteiger partial charge in [-0.25, -0.2) is 9.69 Å². The number of imide groups is 1. The summed E-state index contributed by atoms with van der Waals surface area (Å²) in [5, 5.41) is 0. The molecule has 0 aromatic heterocycles. The molecule has 30 heavy (non-hydrogen) atoms. The number of benzene rings is 1. The molecule has 0 aliphatic carbocycles. The highest BCUT2D eigenvalue weighted by atomic mass is 16.6. The first-order valence-corrected chi connectivity index (χ1v) is 10.7. The number of amides is 2. The number of nitrogens with zero attached hydrogens (tertiary/aromatic N) is 2. The van der Waals surface area contributed by atoms with Crippen LogP contribution in [0.15, 0.2) is 30.3 Å². The Morgan fingerprint density at radius 2 is 1.93 bits per heavy atom. The van der Waals surface area contributed by atoms with Crippen LogP contribution in [0.25, 0.3) is 0 Å². The van der Waals surface area contributed by atoms with E-state index in [1.807, 2.05) is 32.0 Å². The van der Waals surface area contributed by atoms with Crippen LogP contribution in [0.3, 0.4) is 0 Å². The predicted octanol–water partition coefficient (Wildman–Crippen LogP) is 3.02. The number of rotatable bonds is 7. The maximum atomic E-state index is 13.0. The van der Waals surface area contributed by atoms with Gasteiger partial charge in [0.1, 0.15) is 5.60 Å². The fraction of sp³-hybridized carbons (Fsp3) is 0.652. The lowest BCUT2D eigenvalue weighted by molar-refractivity contribution is -0.135. The molecule has 0 bridgehead atoms. The lowest BCUT2D eigenvalue weighted by Gasteiger charge is -2.36. The second-order valence-electron chi connectivity index (χ2n) is 9.38. The Morgan fingerprint density at radius 1 is 1.27 bits per heavy atom. The first kappa shape index (κ1) is 24.3. The minimum absolute atomic E-state index is 0.130. The molecule has 7 nitrogen and oxygen atoms in total. The molecule has 1 saturated heterocycles. The van der Waals surface area contributed by atoms with Crippen molar-refractivity contribution < 1.29 is 19.1 Å². The second-order valence-corrected chi connectivity index (χ2v) is 9.38. The number of carbonyl (C=O) groups is 2. The molecule has 1 fully saturated rings. The van der Waals surface area contributed by atoms with Gasteiger partial charge in [-0.3, -0.25) is 9.69 Å². The first-order chi connectivity index (χ1) is 14.0. The van der Waals surface area contributed by atoms with Crippen molar-refractivity contribution in [2.24, 2.45) is 11.7 Å². The highest BCUT2D eigenvalue weighted by molar-refractivity contribution is 5.95. The van der Waals surface area contributed by atoms with Crippen molar-refractivity contribution in [2.75, 3.05) is 26.2 Å². The van der Waals surface area contributed by atoms with Crippen molar-refractivity contribution in [1.82, 2.24) is 9.80 Å². The Bertz CT molecular complexity index is 687. The van der Waals surface area contributed by atoms with E-state index in [2.05, 4.69) is 17.0 Å². The summed E-state index contributed by atoms with van der Waals surface area (Å²) in [6, 6.07) is 9.47. The lowest BCUT2D eigenvalue weighted by atomic mass is 10.0. The number of nitrogens with two attached hydrogens (primary N) is 1. The van der Waals surface area contributed by atoms with Crippen LogP contribution in [0, 0.1) is 5.92 Å². The molecule has 2 amide bonds. The molecule has 1 aromatic rings. The van der Waals surface area contributed by atoms with Gasteiger partial charge in [0, 0.05) is 19.6 Å². The van der Waals surface area contributed by atoms with Crippen LogP contribution >= 0.6 is 0 Å². The lowest BCUT2D eigenvalue weighted by Crippen LogP contribution is -2.54. The van der Waals surface area contributed by atoms with Gasteiger partial charge in [-0.15, -0.1) is 0 Å². The summed E-state index contributed by atoms with van der Waals surface area (Å²) < 4.78 is 11.4. The van der Waals surface area contributed by atoms with Crippen LogP contribution in [0.1, 0.15) is 46.6 Å². The fourth-order valence-corrected chi connectivity index (χ4v) is 3.46. The molecule has 168 valence electrons. The molecule has 1 unspecified atom stereocenters. The third-order valence-electron chi connectivity index (χ3n) is 4.78. The third kappa shape index (κ3) is 8.05. The molecule has 1 heterocycles. The normalized spacial score (nSPS) is 18.8. The van der Waals surface area contributed by atoms with E-state index < -0.39 is 23.6 Å². The molecular formula is C23H37N3O4. The topological polar surface area (TPSA) is 85.1 Å². The molecule has 1 aromatic carbocycles. The van der Waals surface area contributed by atoms with Gasteiger partial charge in [0.15, 0.2) is 0 Å². The van der Waals surface area contributed by atoms with Crippen molar-refractivity contribution >= 4 is 12.0 Å². The third-order valence-corrected chi connectivity index (χ3v) is 4.78. The Labute approximate surface area is 180 Å². The van der Waals surface area contributed by atoms with Gasteiger partial charge >= 0.3 is 6.09 Å². The van der Waals surface area contributed by atoms with Crippen molar-refractivity contribution in [2.45, 2.75) is 65.3 Å². The van der Waals surface area contributed by atoms with Crippen molar-refractivity contribution in [3.05, 3.63) is 35.9 Å². The van der Waals surface area contributed by atoms with Crippen LogP contribution in [-0.2, 0) is 20.8 Å². The zero-order chi connectivity index (χ0) is 22.3. The summed E-state index contributed by atoms with van der Waals surface area (Å²) in [6.45, 7) is 12.2. The van der Waals surface area contributed by atoms with Crippen LogP contribution < -0.4 is 5.73 Å². The highest BCUT2D eigenvalue weighted by Crippen LogP contribution is 2.16. The second kappa shape index (κ2) is 10.9. The Kier molecular flexibility index (Phi) is 8.82. The van der Waals surface area contributed by atoms with Crippen LogP contribution in [0.5, 0.6) is 0 Å². The zero-order valence-electron chi connectivity index (χ0n) is 19.0. The van der Waals surface area contributed by atoms with Gasteiger partial charge in [0.25, 0.3) is 0 Å². The molecule has 1 aliphatic rings. The summed E-state index contributed by atoms with van der Waals surface area (Å²) in [4.78, 5) is 29.2. The van der Waals surface area contributed by atoms with E-state index in [-0.39, 0.29) is 18.6 Å². The average molecular weight is 420 g/mol. The Morgan fingerprint density at radius 3 is 2.53 bits per heavy atom. The Hall–Kier alpha value is -1.96. The van der Waals surface area contributed by atoms with E-state index >= 15 is 0 Å². The summed E-state index contributed by atoms with van der Waals surface area (Å²) in [5.74, 6) is -0.168. The van der Waals surface area contributed by atoms with E-state index in [9.17, 15) is 9.59 Å². The quantitative estimate of drug-likeness (QED) is 0.731. The average Bonchev–Trinajstić information content (AvgIpc) is 2.64. The maximum Gasteiger partial charge on any atom is 0.417 e. The molecule has 0 radical (unpaired) electrons. The number of morpholine rings is 1. The van der Waals surface area contributed by atoms with Gasteiger partial charge in [-0.05, 0) is 38.7 Å². The molecule has 0 saturated carbocycles. The first-order valence-electron chi connectivity index (χ1n) is 10.7.